The molecule has 94 valence electrons. The molecule has 5 nitrogen and oxygen atoms in total. The molecule has 0 spiro atoms. The number of hydrogen-bond donors (Lipinski definition) is 3. The van der Waals surface area contributed by atoms with E-state index < -0.39 is 0 Å². The van der Waals surface area contributed by atoms with Crippen LogP contribution in [0.2, 0.25) is 0 Å². The molecule has 0 bridgehead atoms. The van der Waals surface area contributed by atoms with Gasteiger partial charge in [0.1, 0.15) is 0 Å². The minimum atomic E-state index is 0.850. The van der Waals surface area contributed by atoms with Crippen molar-refractivity contribution in [3.05, 3.63) is 30.1 Å². The van der Waals surface area contributed by atoms with Gasteiger partial charge in [-0.25, -0.2) is 5.01 Å². The smallest absolute Gasteiger partial charge is 0.0558 e. The summed E-state index contributed by atoms with van der Waals surface area (Å²) in [6, 6.07) is 6.04. The predicted octanol–water partition coefficient (Wildman–Crippen LogP) is -0.419. The summed E-state index contributed by atoms with van der Waals surface area (Å²) in [7, 11) is 0. The molecule has 1 aliphatic heterocycles. The van der Waals surface area contributed by atoms with E-state index in [1.807, 2.05) is 18.3 Å². The van der Waals surface area contributed by atoms with Gasteiger partial charge in [0, 0.05) is 45.5 Å². The highest BCUT2D eigenvalue weighted by Crippen LogP contribution is 1.97. The first-order chi connectivity index (χ1) is 8.45. The Bertz CT molecular complexity index is 293. The average molecular weight is 235 g/mol. The van der Waals surface area contributed by atoms with Crippen LogP contribution in [0.3, 0.4) is 0 Å². The molecule has 0 atom stereocenters. The molecule has 2 rings (SSSR count). The van der Waals surface area contributed by atoms with Crippen LogP contribution >= 0.6 is 0 Å². The minimum absolute atomic E-state index is 0.850. The molecular formula is C12H21N5. The van der Waals surface area contributed by atoms with Gasteiger partial charge in [-0.05, 0) is 12.1 Å². The van der Waals surface area contributed by atoms with Crippen LogP contribution in [0.25, 0.3) is 0 Å². The molecule has 1 aromatic rings. The average Bonchev–Trinajstić information content (AvgIpc) is 2.38. The molecule has 17 heavy (non-hydrogen) atoms. The van der Waals surface area contributed by atoms with E-state index in [0.717, 1.165) is 51.5 Å². The van der Waals surface area contributed by atoms with E-state index in [2.05, 4.69) is 32.1 Å². The van der Waals surface area contributed by atoms with Crippen molar-refractivity contribution >= 4 is 0 Å². The standard InChI is InChI=1S/C12H21N5/c1-2-4-15-12(3-1)11-17-10-9-14-6-5-13-7-8-16-17/h1-4,13-14,16H,5-11H2. The van der Waals surface area contributed by atoms with E-state index in [1.165, 1.54) is 0 Å². The first kappa shape index (κ1) is 12.4. The van der Waals surface area contributed by atoms with Gasteiger partial charge in [-0.1, -0.05) is 6.07 Å². The monoisotopic (exact) mass is 235 g/mol. The fourth-order valence-electron chi connectivity index (χ4n) is 1.84. The first-order valence-corrected chi connectivity index (χ1v) is 6.25. The predicted molar refractivity (Wildman–Crippen MR) is 68.4 cm³/mol. The number of nitrogens with one attached hydrogen (secondary N) is 3. The van der Waals surface area contributed by atoms with Crippen molar-refractivity contribution in [3.8, 4) is 0 Å². The summed E-state index contributed by atoms with van der Waals surface area (Å²) in [5.74, 6) is 0. The number of rotatable bonds is 2. The van der Waals surface area contributed by atoms with E-state index in [0.29, 0.717) is 0 Å². The third kappa shape index (κ3) is 4.79. The molecule has 0 aromatic carbocycles. The van der Waals surface area contributed by atoms with Gasteiger partial charge in [0.05, 0.1) is 12.2 Å². The highest BCUT2D eigenvalue weighted by molar-refractivity contribution is 5.02. The van der Waals surface area contributed by atoms with Crippen molar-refractivity contribution < 1.29 is 0 Å². The Morgan fingerprint density at radius 1 is 1.06 bits per heavy atom. The third-order valence-corrected chi connectivity index (χ3v) is 2.75. The van der Waals surface area contributed by atoms with Crippen molar-refractivity contribution in [1.29, 1.82) is 0 Å². The van der Waals surface area contributed by atoms with E-state index in [4.69, 9.17) is 0 Å². The highest BCUT2D eigenvalue weighted by atomic mass is 15.5. The Balaban J connectivity index is 1.83. The summed E-state index contributed by atoms with van der Waals surface area (Å²) >= 11 is 0. The third-order valence-electron chi connectivity index (χ3n) is 2.75. The maximum atomic E-state index is 4.35. The zero-order valence-corrected chi connectivity index (χ0v) is 10.2. The van der Waals surface area contributed by atoms with Crippen LogP contribution in [0, 0.1) is 0 Å². The van der Waals surface area contributed by atoms with Crippen LogP contribution in [-0.4, -0.2) is 49.3 Å². The van der Waals surface area contributed by atoms with Crippen LogP contribution in [-0.2, 0) is 6.54 Å². The van der Waals surface area contributed by atoms with Gasteiger partial charge in [0.25, 0.3) is 0 Å². The molecule has 0 saturated carbocycles. The fourth-order valence-corrected chi connectivity index (χ4v) is 1.84. The largest absolute Gasteiger partial charge is 0.314 e. The van der Waals surface area contributed by atoms with Crippen LogP contribution in [0.4, 0.5) is 0 Å². The molecular weight excluding hydrogens is 214 g/mol. The molecule has 3 N–H and O–H groups in total. The molecule has 1 saturated heterocycles. The highest BCUT2D eigenvalue weighted by Gasteiger charge is 2.06. The summed E-state index contributed by atoms with van der Waals surface area (Å²) < 4.78 is 0. The minimum Gasteiger partial charge on any atom is -0.314 e. The Hall–Kier alpha value is -1.01. The number of nitrogens with zero attached hydrogens (tertiary/aromatic N) is 2. The number of hydrogen-bond acceptors (Lipinski definition) is 5. The summed E-state index contributed by atoms with van der Waals surface area (Å²) in [5, 5.41) is 9.00. The van der Waals surface area contributed by atoms with E-state index in [-0.39, 0.29) is 0 Å². The van der Waals surface area contributed by atoms with Gasteiger partial charge >= 0.3 is 0 Å². The second-order valence-corrected chi connectivity index (χ2v) is 4.15. The van der Waals surface area contributed by atoms with Crippen molar-refractivity contribution in [2.45, 2.75) is 6.54 Å². The maximum absolute atomic E-state index is 4.35. The lowest BCUT2D eigenvalue weighted by molar-refractivity contribution is 0.174. The molecule has 1 fully saturated rings. The Morgan fingerprint density at radius 2 is 1.88 bits per heavy atom. The van der Waals surface area contributed by atoms with Gasteiger partial charge < -0.3 is 10.6 Å². The maximum Gasteiger partial charge on any atom is 0.0558 e. The quantitative estimate of drug-likeness (QED) is 0.650. The van der Waals surface area contributed by atoms with Gasteiger partial charge in [-0.2, -0.15) is 0 Å². The Morgan fingerprint density at radius 3 is 2.71 bits per heavy atom. The normalized spacial score (nSPS) is 20.0. The zero-order valence-electron chi connectivity index (χ0n) is 10.2. The second-order valence-electron chi connectivity index (χ2n) is 4.15. The SMILES string of the molecule is c1ccc(CN2CCNCCNCCN2)nc1. The summed E-state index contributed by atoms with van der Waals surface area (Å²) in [6.45, 7) is 6.90. The molecule has 1 aromatic heterocycles. The summed E-state index contributed by atoms with van der Waals surface area (Å²) in [5.41, 5.74) is 4.53. The van der Waals surface area contributed by atoms with Crippen molar-refractivity contribution in [3.63, 3.8) is 0 Å². The van der Waals surface area contributed by atoms with Crippen LogP contribution in [0.5, 0.6) is 0 Å². The lowest BCUT2D eigenvalue weighted by atomic mass is 10.3. The second kappa shape index (κ2) is 7.34. The number of hydrazine groups is 1. The van der Waals surface area contributed by atoms with E-state index in [1.54, 1.807) is 0 Å². The lowest BCUT2D eigenvalue weighted by Gasteiger charge is -2.24. The molecule has 1 aliphatic rings. The first-order valence-electron chi connectivity index (χ1n) is 6.25. The van der Waals surface area contributed by atoms with Crippen LogP contribution in [0.1, 0.15) is 5.69 Å². The van der Waals surface area contributed by atoms with Gasteiger partial charge in [-0.3, -0.25) is 10.4 Å². The van der Waals surface area contributed by atoms with E-state index in [9.17, 15) is 0 Å². The van der Waals surface area contributed by atoms with Gasteiger partial charge in [0.15, 0.2) is 0 Å². The topological polar surface area (TPSA) is 52.2 Å². The summed E-state index contributed by atoms with van der Waals surface area (Å²) in [6.07, 6.45) is 1.84. The molecule has 0 aliphatic carbocycles. The molecule has 5 heteroatoms. The molecule has 0 radical (unpaired) electrons. The zero-order chi connectivity index (χ0) is 11.8. The van der Waals surface area contributed by atoms with Crippen molar-refractivity contribution in [2.24, 2.45) is 0 Å². The van der Waals surface area contributed by atoms with E-state index >= 15 is 0 Å². The molecule has 0 unspecified atom stereocenters. The van der Waals surface area contributed by atoms with Gasteiger partial charge in [-0.15, -0.1) is 0 Å². The van der Waals surface area contributed by atoms with Crippen molar-refractivity contribution in [1.82, 2.24) is 26.1 Å². The summed E-state index contributed by atoms with van der Waals surface area (Å²) in [4.78, 5) is 4.35. The Kier molecular flexibility index (Phi) is 5.38. The Labute approximate surface area is 103 Å². The fraction of sp³-hybridized carbons (Fsp3) is 0.583. The van der Waals surface area contributed by atoms with Gasteiger partial charge in [0.2, 0.25) is 0 Å². The van der Waals surface area contributed by atoms with Crippen LogP contribution < -0.4 is 16.1 Å². The molecule has 2 heterocycles. The molecule has 0 amide bonds. The lowest BCUT2D eigenvalue weighted by Crippen LogP contribution is -2.47. The van der Waals surface area contributed by atoms with Crippen molar-refractivity contribution in [2.75, 3.05) is 39.3 Å². The van der Waals surface area contributed by atoms with Crippen LogP contribution in [0.15, 0.2) is 24.4 Å². The number of pyridine rings is 1. The number of aromatic nitrogens is 1.